The number of hydrogen-bond acceptors (Lipinski definition) is 4. The maximum absolute atomic E-state index is 12.4. The second-order valence-corrected chi connectivity index (χ2v) is 7.22. The lowest BCUT2D eigenvalue weighted by molar-refractivity contribution is 0.0916. The van der Waals surface area contributed by atoms with Gasteiger partial charge < -0.3 is 5.32 Å². The van der Waals surface area contributed by atoms with Gasteiger partial charge in [0.25, 0.3) is 11.5 Å². The molecule has 1 amide bonds. The Morgan fingerprint density at radius 2 is 1.96 bits per heavy atom. The molecule has 0 radical (unpaired) electrons. The number of aromatic amines is 1. The number of carbonyl (C=O) groups excluding carboxylic acids is 1. The number of nitrogens with zero attached hydrogens (tertiary/aromatic N) is 3. The SMILES string of the molecule is Cc1ccc(=O)n(C2CCC(NC(=O)c3cc(C4CC4)[nH]n3)CC2)n1. The predicted molar refractivity (Wildman–Crippen MR) is 92.6 cm³/mol. The summed E-state index contributed by atoms with van der Waals surface area (Å²) in [6, 6.07) is 5.43. The molecule has 0 unspecified atom stereocenters. The minimum atomic E-state index is -0.113. The zero-order chi connectivity index (χ0) is 17.4. The van der Waals surface area contributed by atoms with Gasteiger partial charge in [0.2, 0.25) is 0 Å². The third-order valence-corrected chi connectivity index (χ3v) is 5.18. The van der Waals surface area contributed by atoms with E-state index in [1.54, 1.807) is 16.8 Å². The largest absolute Gasteiger partial charge is 0.348 e. The molecular formula is C18H23N5O2. The average molecular weight is 341 g/mol. The lowest BCUT2D eigenvalue weighted by Gasteiger charge is -2.29. The number of aryl methyl sites for hydroxylation is 1. The predicted octanol–water partition coefficient (Wildman–Crippen LogP) is 2.07. The van der Waals surface area contributed by atoms with Crippen LogP contribution < -0.4 is 10.9 Å². The summed E-state index contributed by atoms with van der Waals surface area (Å²) in [6.45, 7) is 1.89. The third-order valence-electron chi connectivity index (χ3n) is 5.18. The van der Waals surface area contributed by atoms with Crippen LogP contribution in [0.5, 0.6) is 0 Å². The quantitative estimate of drug-likeness (QED) is 0.890. The van der Waals surface area contributed by atoms with Crippen molar-refractivity contribution >= 4 is 5.91 Å². The Hall–Kier alpha value is -2.44. The van der Waals surface area contributed by atoms with E-state index in [0.29, 0.717) is 11.6 Å². The number of H-pyrrole nitrogens is 1. The standard InChI is InChI=1S/C18H23N5O2/c1-11-2-9-17(24)23(22-11)14-7-5-13(6-8-14)19-18(25)16-10-15(20-21-16)12-3-4-12/h2,9-10,12-14H,3-8H2,1H3,(H,19,25)(H,20,21). The van der Waals surface area contributed by atoms with Crippen LogP contribution in [-0.4, -0.2) is 31.9 Å². The Morgan fingerprint density at radius 3 is 2.68 bits per heavy atom. The molecule has 2 fully saturated rings. The molecule has 132 valence electrons. The smallest absolute Gasteiger partial charge is 0.271 e. The molecule has 0 aliphatic heterocycles. The Morgan fingerprint density at radius 1 is 1.20 bits per heavy atom. The summed E-state index contributed by atoms with van der Waals surface area (Å²) >= 11 is 0. The number of aromatic nitrogens is 4. The van der Waals surface area contributed by atoms with Crippen molar-refractivity contribution in [3.05, 3.63) is 45.6 Å². The molecule has 2 saturated carbocycles. The van der Waals surface area contributed by atoms with Crippen molar-refractivity contribution in [1.82, 2.24) is 25.3 Å². The fourth-order valence-corrected chi connectivity index (χ4v) is 3.56. The first-order chi connectivity index (χ1) is 12.1. The maximum Gasteiger partial charge on any atom is 0.271 e. The van der Waals surface area contributed by atoms with Crippen LogP contribution in [0.1, 0.15) is 72.4 Å². The molecule has 7 nitrogen and oxygen atoms in total. The van der Waals surface area contributed by atoms with E-state index in [0.717, 1.165) is 37.1 Å². The van der Waals surface area contributed by atoms with E-state index in [-0.39, 0.29) is 23.6 Å². The molecule has 2 aliphatic rings. The van der Waals surface area contributed by atoms with Crippen molar-refractivity contribution < 1.29 is 4.79 Å². The van der Waals surface area contributed by atoms with E-state index in [4.69, 9.17) is 0 Å². The molecule has 2 aliphatic carbocycles. The van der Waals surface area contributed by atoms with E-state index in [1.807, 2.05) is 13.0 Å². The van der Waals surface area contributed by atoms with Crippen LogP contribution in [-0.2, 0) is 0 Å². The van der Waals surface area contributed by atoms with Crippen LogP contribution in [0.15, 0.2) is 23.0 Å². The molecule has 2 aromatic rings. The minimum absolute atomic E-state index is 0.0535. The minimum Gasteiger partial charge on any atom is -0.348 e. The van der Waals surface area contributed by atoms with Gasteiger partial charge in [-0.05, 0) is 57.6 Å². The van der Waals surface area contributed by atoms with Crippen molar-refractivity contribution in [1.29, 1.82) is 0 Å². The van der Waals surface area contributed by atoms with Gasteiger partial charge in [0.1, 0.15) is 5.69 Å². The van der Waals surface area contributed by atoms with Crippen molar-refractivity contribution in [2.45, 2.75) is 63.5 Å². The monoisotopic (exact) mass is 341 g/mol. The molecule has 0 saturated heterocycles. The first-order valence-corrected chi connectivity index (χ1v) is 9.03. The van der Waals surface area contributed by atoms with Crippen LogP contribution >= 0.6 is 0 Å². The molecule has 0 spiro atoms. The normalized spacial score (nSPS) is 23.4. The van der Waals surface area contributed by atoms with Crippen LogP contribution in [0.3, 0.4) is 0 Å². The van der Waals surface area contributed by atoms with Gasteiger partial charge in [-0.25, -0.2) is 4.68 Å². The summed E-state index contributed by atoms with van der Waals surface area (Å²) in [7, 11) is 0. The Labute approximate surface area is 145 Å². The van der Waals surface area contributed by atoms with Gasteiger partial charge in [0.15, 0.2) is 0 Å². The van der Waals surface area contributed by atoms with Gasteiger partial charge >= 0.3 is 0 Å². The maximum atomic E-state index is 12.4. The van der Waals surface area contributed by atoms with Gasteiger partial charge in [0, 0.05) is 23.7 Å². The Balaban J connectivity index is 1.34. The third kappa shape index (κ3) is 3.50. The summed E-state index contributed by atoms with van der Waals surface area (Å²) in [5.41, 5.74) is 2.33. The molecule has 0 bridgehead atoms. The van der Waals surface area contributed by atoms with Crippen LogP contribution in [0.4, 0.5) is 0 Å². The van der Waals surface area contributed by atoms with Crippen molar-refractivity contribution in [2.75, 3.05) is 0 Å². The lowest BCUT2D eigenvalue weighted by Crippen LogP contribution is -2.39. The summed E-state index contributed by atoms with van der Waals surface area (Å²) in [5, 5.41) is 14.5. The summed E-state index contributed by atoms with van der Waals surface area (Å²) in [5.74, 6) is 0.446. The molecule has 7 heteroatoms. The fraction of sp³-hybridized carbons (Fsp3) is 0.556. The first-order valence-electron chi connectivity index (χ1n) is 9.03. The highest BCUT2D eigenvalue weighted by Gasteiger charge is 2.28. The van der Waals surface area contributed by atoms with Gasteiger partial charge in [-0.2, -0.15) is 10.2 Å². The number of nitrogens with one attached hydrogen (secondary N) is 2. The zero-order valence-electron chi connectivity index (χ0n) is 14.4. The molecule has 2 heterocycles. The highest BCUT2D eigenvalue weighted by molar-refractivity contribution is 5.92. The summed E-state index contributed by atoms with van der Waals surface area (Å²) in [6.07, 6.45) is 5.74. The molecular weight excluding hydrogens is 318 g/mol. The van der Waals surface area contributed by atoms with Gasteiger partial charge in [-0.15, -0.1) is 0 Å². The number of amides is 1. The number of carbonyl (C=O) groups is 1. The topological polar surface area (TPSA) is 92.7 Å². The van der Waals surface area contributed by atoms with E-state index in [2.05, 4.69) is 20.6 Å². The van der Waals surface area contributed by atoms with Gasteiger partial charge in [-0.3, -0.25) is 14.7 Å². The molecule has 0 atom stereocenters. The van der Waals surface area contributed by atoms with E-state index >= 15 is 0 Å². The summed E-state index contributed by atoms with van der Waals surface area (Å²) in [4.78, 5) is 24.4. The molecule has 0 aromatic carbocycles. The van der Waals surface area contributed by atoms with Crippen molar-refractivity contribution in [3.8, 4) is 0 Å². The van der Waals surface area contributed by atoms with Gasteiger partial charge in [-0.1, -0.05) is 0 Å². The lowest BCUT2D eigenvalue weighted by atomic mass is 9.91. The van der Waals surface area contributed by atoms with Gasteiger partial charge in [0.05, 0.1) is 11.7 Å². The highest BCUT2D eigenvalue weighted by Crippen LogP contribution is 2.39. The number of rotatable bonds is 4. The Bertz CT molecular complexity index is 828. The molecule has 2 aromatic heterocycles. The average Bonchev–Trinajstić information content (AvgIpc) is 3.34. The highest BCUT2D eigenvalue weighted by atomic mass is 16.2. The van der Waals surface area contributed by atoms with E-state index in [9.17, 15) is 9.59 Å². The zero-order valence-corrected chi connectivity index (χ0v) is 14.4. The van der Waals surface area contributed by atoms with Crippen LogP contribution in [0, 0.1) is 6.92 Å². The first kappa shape index (κ1) is 16.1. The molecule has 4 rings (SSSR count). The van der Waals surface area contributed by atoms with Crippen LogP contribution in [0.2, 0.25) is 0 Å². The van der Waals surface area contributed by atoms with E-state index < -0.39 is 0 Å². The van der Waals surface area contributed by atoms with Crippen molar-refractivity contribution in [2.24, 2.45) is 0 Å². The molecule has 2 N–H and O–H groups in total. The van der Waals surface area contributed by atoms with E-state index in [1.165, 1.54) is 12.8 Å². The van der Waals surface area contributed by atoms with Crippen molar-refractivity contribution in [3.63, 3.8) is 0 Å². The number of hydrogen-bond donors (Lipinski definition) is 2. The second-order valence-electron chi connectivity index (χ2n) is 7.22. The second kappa shape index (κ2) is 6.46. The fourth-order valence-electron chi connectivity index (χ4n) is 3.56. The summed E-state index contributed by atoms with van der Waals surface area (Å²) < 4.78 is 1.60. The molecule has 25 heavy (non-hydrogen) atoms. The Kier molecular flexibility index (Phi) is 4.15. The van der Waals surface area contributed by atoms with Crippen LogP contribution in [0.25, 0.3) is 0 Å².